The molecule has 4 atom stereocenters. The number of nitrogens with zero attached hydrogens (tertiary/aromatic N) is 6. The minimum absolute atomic E-state index is 0.174. The molecule has 290 valence electrons. The predicted octanol–water partition coefficient (Wildman–Crippen LogP) is 5.82. The number of aromatic nitrogens is 4. The Hall–Kier alpha value is -6.44. The highest BCUT2D eigenvalue weighted by Gasteiger charge is 2.38. The monoisotopic (exact) mass is 756 g/mol. The molecule has 14 nitrogen and oxygen atoms in total. The number of carbonyl (C=O) groups is 4. The molecule has 14 heteroatoms. The fourth-order valence-electron chi connectivity index (χ4n) is 7.47. The Balaban J connectivity index is 1.04. The van der Waals surface area contributed by atoms with E-state index in [9.17, 15) is 19.2 Å². The molecule has 2 saturated heterocycles. The van der Waals surface area contributed by atoms with Gasteiger partial charge in [0.2, 0.25) is 11.8 Å². The predicted molar refractivity (Wildman–Crippen MR) is 212 cm³/mol. The first-order valence-corrected chi connectivity index (χ1v) is 19.0. The molecule has 3 aromatic carbocycles. The number of likely N-dealkylation sites (tertiary alicyclic amines) is 2. The minimum atomic E-state index is -0.823. The van der Waals surface area contributed by atoms with Gasteiger partial charge in [-0.1, -0.05) is 84.9 Å². The number of carbonyl (C=O) groups excluding carboxylic acids is 4. The van der Waals surface area contributed by atoms with Crippen LogP contribution in [0.2, 0.25) is 0 Å². The quantitative estimate of drug-likeness (QED) is 0.140. The van der Waals surface area contributed by atoms with Crippen molar-refractivity contribution in [1.82, 2.24) is 50.2 Å². The van der Waals surface area contributed by atoms with E-state index in [0.717, 1.165) is 59.3 Å². The molecule has 2 aliphatic heterocycles. The average Bonchev–Trinajstić information content (AvgIpc) is 4.06. The summed E-state index contributed by atoms with van der Waals surface area (Å²) in [6.07, 6.45) is 6.73. The van der Waals surface area contributed by atoms with Gasteiger partial charge in [0.05, 0.1) is 35.9 Å². The lowest BCUT2D eigenvalue weighted by atomic mass is 10.0. The highest BCUT2D eigenvalue weighted by molar-refractivity contribution is 5.89. The molecule has 5 aromatic rings. The summed E-state index contributed by atoms with van der Waals surface area (Å²) in [5, 5.41) is 5.80. The topological polar surface area (TPSA) is 163 Å². The van der Waals surface area contributed by atoms with E-state index in [2.05, 4.69) is 20.6 Å². The molecule has 0 unspecified atom stereocenters. The van der Waals surface area contributed by atoms with Gasteiger partial charge >= 0.3 is 12.1 Å². The van der Waals surface area contributed by atoms with E-state index >= 15 is 0 Å². The van der Waals surface area contributed by atoms with Crippen LogP contribution in [-0.4, -0.2) is 105 Å². The van der Waals surface area contributed by atoms with Crippen LogP contribution in [0.1, 0.15) is 72.6 Å². The highest BCUT2D eigenvalue weighted by atomic mass is 16.2. The van der Waals surface area contributed by atoms with E-state index in [4.69, 9.17) is 9.97 Å². The number of hydrogen-bond acceptors (Lipinski definition) is 6. The number of rotatable bonds is 10. The molecular formula is C42H48N10O4. The van der Waals surface area contributed by atoms with E-state index in [1.807, 2.05) is 94.7 Å². The molecule has 2 aliphatic rings. The average molecular weight is 757 g/mol. The van der Waals surface area contributed by atoms with Gasteiger partial charge in [-0.05, 0) is 47.9 Å². The lowest BCUT2D eigenvalue weighted by Crippen LogP contribution is -2.45. The summed E-state index contributed by atoms with van der Waals surface area (Å²) in [5.74, 6) is 1.05. The van der Waals surface area contributed by atoms with E-state index < -0.39 is 12.1 Å². The summed E-state index contributed by atoms with van der Waals surface area (Å²) < 4.78 is 0. The van der Waals surface area contributed by atoms with Crippen molar-refractivity contribution < 1.29 is 19.2 Å². The van der Waals surface area contributed by atoms with Gasteiger partial charge in [0.15, 0.2) is 0 Å². The lowest BCUT2D eigenvalue weighted by molar-refractivity contribution is -0.135. The molecular weight excluding hydrogens is 709 g/mol. The Morgan fingerprint density at radius 2 is 0.982 bits per heavy atom. The number of aromatic amines is 2. The van der Waals surface area contributed by atoms with Gasteiger partial charge in [-0.25, -0.2) is 19.6 Å². The van der Waals surface area contributed by atoms with Crippen molar-refractivity contribution >= 4 is 23.9 Å². The third kappa shape index (κ3) is 7.99. The van der Waals surface area contributed by atoms with Crippen molar-refractivity contribution in [3.8, 4) is 22.5 Å². The number of hydrogen-bond donors (Lipinski definition) is 4. The van der Waals surface area contributed by atoms with Crippen molar-refractivity contribution in [3.05, 3.63) is 120 Å². The lowest BCUT2D eigenvalue weighted by Gasteiger charge is -2.29. The molecule has 0 spiro atoms. The van der Waals surface area contributed by atoms with Gasteiger partial charge in [0, 0.05) is 41.3 Å². The molecule has 0 aliphatic carbocycles. The van der Waals surface area contributed by atoms with Crippen LogP contribution in [0.15, 0.2) is 97.3 Å². The first-order chi connectivity index (χ1) is 27.1. The fourth-order valence-corrected chi connectivity index (χ4v) is 7.47. The number of nitrogens with one attached hydrogen (secondary N) is 4. The number of H-pyrrole nitrogens is 2. The summed E-state index contributed by atoms with van der Waals surface area (Å²) in [6, 6.07) is 23.8. The highest BCUT2D eigenvalue weighted by Crippen LogP contribution is 2.36. The largest absolute Gasteiger partial charge is 0.340 e. The summed E-state index contributed by atoms with van der Waals surface area (Å²) in [4.78, 5) is 76.2. The Bertz CT molecular complexity index is 2000. The molecule has 2 fully saturated rings. The van der Waals surface area contributed by atoms with Crippen molar-refractivity contribution in [2.75, 3.05) is 41.3 Å². The molecule has 56 heavy (non-hydrogen) atoms. The van der Waals surface area contributed by atoms with Crippen LogP contribution in [0.25, 0.3) is 22.5 Å². The van der Waals surface area contributed by atoms with Crippen LogP contribution in [0, 0.1) is 0 Å². The zero-order chi connectivity index (χ0) is 39.3. The number of amides is 6. The van der Waals surface area contributed by atoms with Gasteiger partial charge < -0.3 is 40.2 Å². The van der Waals surface area contributed by atoms with Crippen LogP contribution in [0.5, 0.6) is 0 Å². The van der Waals surface area contributed by atoms with Crippen molar-refractivity contribution in [2.45, 2.75) is 49.9 Å². The van der Waals surface area contributed by atoms with Crippen molar-refractivity contribution in [1.29, 1.82) is 0 Å². The molecule has 0 bridgehead atoms. The van der Waals surface area contributed by atoms with Crippen molar-refractivity contribution in [3.63, 3.8) is 0 Å². The second-order valence-corrected chi connectivity index (χ2v) is 14.7. The molecule has 7 rings (SSSR count). The third-order valence-corrected chi connectivity index (χ3v) is 10.5. The maximum atomic E-state index is 14.0. The zero-order valence-electron chi connectivity index (χ0n) is 32.1. The van der Waals surface area contributed by atoms with Gasteiger partial charge in [-0.2, -0.15) is 0 Å². The second-order valence-electron chi connectivity index (χ2n) is 14.7. The van der Waals surface area contributed by atoms with Gasteiger partial charge in [-0.3, -0.25) is 9.59 Å². The van der Waals surface area contributed by atoms with E-state index in [1.165, 1.54) is 9.80 Å². The smallest absolute Gasteiger partial charge is 0.317 e. The minimum Gasteiger partial charge on any atom is -0.340 e. The molecule has 0 saturated carbocycles. The Morgan fingerprint density at radius 1 is 0.607 bits per heavy atom. The first-order valence-electron chi connectivity index (χ1n) is 19.0. The summed E-state index contributed by atoms with van der Waals surface area (Å²) in [6.45, 7) is 1.13. The summed E-state index contributed by atoms with van der Waals surface area (Å²) in [7, 11) is 6.60. The standard InChI is InChI=1S/C42H48N10O4/c1-49(2)41(55)47-35(29-13-7-5-8-14-29)39(53)51-23-11-17-33(51)37-43-25-31(45-37)27-19-21-28(22-20-27)32-26-44-38(46-32)34-18-12-24-52(34)40(54)36(48-42(56)50(3)4)30-15-9-6-10-16-30/h5-10,13-16,19-22,25-26,33-36H,11-12,17-18,23-24H2,1-4H3,(H,43,45)(H,44,46)(H,47,55)(H,48,56)/t33-,34-,35+,36+/m0/s1. The van der Waals surface area contributed by atoms with E-state index in [1.54, 1.807) is 40.6 Å². The molecule has 4 heterocycles. The molecule has 4 N–H and O–H groups in total. The Labute approximate surface area is 326 Å². The van der Waals surface area contributed by atoms with Crippen LogP contribution >= 0.6 is 0 Å². The fraction of sp³-hybridized carbons (Fsp3) is 0.333. The third-order valence-electron chi connectivity index (χ3n) is 10.5. The zero-order valence-corrected chi connectivity index (χ0v) is 32.1. The van der Waals surface area contributed by atoms with Crippen LogP contribution in [0.3, 0.4) is 0 Å². The van der Waals surface area contributed by atoms with Crippen LogP contribution in [-0.2, 0) is 9.59 Å². The normalized spacial score (nSPS) is 17.6. The Morgan fingerprint density at radius 3 is 1.34 bits per heavy atom. The van der Waals surface area contributed by atoms with Crippen LogP contribution in [0.4, 0.5) is 9.59 Å². The van der Waals surface area contributed by atoms with Crippen molar-refractivity contribution in [2.24, 2.45) is 0 Å². The van der Waals surface area contributed by atoms with Crippen LogP contribution < -0.4 is 10.6 Å². The number of urea groups is 2. The Kier molecular flexibility index (Phi) is 11.2. The SMILES string of the molecule is CN(C)C(=O)N[C@@H](C(=O)N1CCC[C@H]1c1ncc(-c2ccc(-c3cnc([C@@H]4CCCN4C(=O)[C@H](NC(=O)N(C)C)c4ccccc4)[nH]3)cc2)[nH]1)c1ccccc1. The van der Waals surface area contributed by atoms with Gasteiger partial charge in [0.25, 0.3) is 0 Å². The van der Waals surface area contributed by atoms with E-state index in [-0.39, 0.29) is 36.0 Å². The maximum Gasteiger partial charge on any atom is 0.317 e. The second kappa shape index (κ2) is 16.5. The maximum absolute atomic E-state index is 14.0. The number of imidazole rings is 2. The van der Waals surface area contributed by atoms with Gasteiger partial charge in [0.1, 0.15) is 23.7 Å². The molecule has 0 radical (unpaired) electrons. The van der Waals surface area contributed by atoms with Gasteiger partial charge in [-0.15, -0.1) is 0 Å². The molecule has 6 amide bonds. The summed E-state index contributed by atoms with van der Waals surface area (Å²) in [5.41, 5.74) is 4.96. The number of benzene rings is 3. The summed E-state index contributed by atoms with van der Waals surface area (Å²) >= 11 is 0. The first kappa shape index (κ1) is 37.9. The van der Waals surface area contributed by atoms with E-state index in [0.29, 0.717) is 24.7 Å². The molecule has 2 aromatic heterocycles.